The highest BCUT2D eigenvalue weighted by Crippen LogP contribution is 2.33. The minimum atomic E-state index is -0.445. The lowest BCUT2D eigenvalue weighted by molar-refractivity contribution is -0.115. The Morgan fingerprint density at radius 3 is 2.66 bits per heavy atom. The third-order valence-electron chi connectivity index (χ3n) is 4.56. The van der Waals surface area contributed by atoms with Gasteiger partial charge in [0.2, 0.25) is 0 Å². The number of aliphatic imine (C=N–C) groups is 1. The fourth-order valence-corrected chi connectivity index (χ4v) is 4.03. The van der Waals surface area contributed by atoms with Gasteiger partial charge in [-0.2, -0.15) is 0 Å². The number of nitrogens with one attached hydrogen (secondary N) is 1. The molecule has 3 aromatic rings. The Labute approximate surface area is 193 Å². The van der Waals surface area contributed by atoms with Crippen LogP contribution in [-0.2, 0) is 11.4 Å². The minimum Gasteiger partial charge on any atom is -0.493 e. The Hall–Kier alpha value is -3.29. The van der Waals surface area contributed by atoms with Crippen molar-refractivity contribution >= 4 is 46.2 Å². The Morgan fingerprint density at radius 2 is 1.91 bits per heavy atom. The number of methoxy groups -OCH3 is 1. The van der Waals surface area contributed by atoms with E-state index in [9.17, 15) is 9.18 Å². The summed E-state index contributed by atoms with van der Waals surface area (Å²) in [7, 11) is 1.52. The average molecular weight is 469 g/mol. The molecule has 0 bridgehead atoms. The van der Waals surface area contributed by atoms with Crippen molar-refractivity contribution in [3.05, 3.63) is 93.6 Å². The molecule has 1 N–H and O–H groups in total. The number of para-hydroxylation sites is 1. The van der Waals surface area contributed by atoms with Crippen LogP contribution in [0.2, 0.25) is 5.02 Å². The molecular formula is C24H18ClFN2O3S. The van der Waals surface area contributed by atoms with Gasteiger partial charge in [-0.3, -0.25) is 4.79 Å². The lowest BCUT2D eigenvalue weighted by Crippen LogP contribution is -2.19. The van der Waals surface area contributed by atoms with Gasteiger partial charge in [-0.25, -0.2) is 9.38 Å². The molecule has 162 valence electrons. The van der Waals surface area contributed by atoms with E-state index in [2.05, 4.69) is 10.3 Å². The summed E-state index contributed by atoms with van der Waals surface area (Å²) in [5, 5.41) is 3.55. The molecule has 1 fully saturated rings. The molecule has 0 atom stereocenters. The first-order valence-corrected chi connectivity index (χ1v) is 10.8. The minimum absolute atomic E-state index is 0.0645. The van der Waals surface area contributed by atoms with Crippen molar-refractivity contribution in [2.45, 2.75) is 6.61 Å². The summed E-state index contributed by atoms with van der Waals surface area (Å²) in [6.07, 6.45) is 1.73. The molecule has 0 spiro atoms. The number of rotatable bonds is 6. The van der Waals surface area contributed by atoms with Gasteiger partial charge in [-0.1, -0.05) is 41.9 Å². The van der Waals surface area contributed by atoms with Gasteiger partial charge in [0.05, 0.1) is 22.7 Å². The zero-order valence-electron chi connectivity index (χ0n) is 17.0. The molecular weight excluding hydrogens is 451 g/mol. The van der Waals surface area contributed by atoms with Gasteiger partial charge in [0.1, 0.15) is 12.4 Å². The maximum absolute atomic E-state index is 14.1. The summed E-state index contributed by atoms with van der Waals surface area (Å²) in [5.74, 6) is 0.206. The van der Waals surface area contributed by atoms with Crippen LogP contribution < -0.4 is 14.8 Å². The van der Waals surface area contributed by atoms with Crippen molar-refractivity contribution in [2.75, 3.05) is 7.11 Å². The van der Waals surface area contributed by atoms with E-state index in [4.69, 9.17) is 21.1 Å². The molecule has 8 heteroatoms. The van der Waals surface area contributed by atoms with Crippen molar-refractivity contribution < 1.29 is 18.7 Å². The summed E-state index contributed by atoms with van der Waals surface area (Å²) in [5.41, 5.74) is 1.73. The van der Waals surface area contributed by atoms with E-state index in [0.29, 0.717) is 21.6 Å². The Balaban J connectivity index is 1.55. The molecule has 1 aliphatic heterocycles. The van der Waals surface area contributed by atoms with Gasteiger partial charge in [0.15, 0.2) is 16.7 Å². The lowest BCUT2D eigenvalue weighted by atomic mass is 10.1. The molecule has 0 aromatic heterocycles. The van der Waals surface area contributed by atoms with E-state index < -0.39 is 5.82 Å². The first-order valence-electron chi connectivity index (χ1n) is 9.62. The van der Waals surface area contributed by atoms with Gasteiger partial charge >= 0.3 is 0 Å². The molecule has 1 saturated heterocycles. The number of hydrogen-bond acceptors (Lipinski definition) is 5. The highest BCUT2D eigenvalue weighted by atomic mass is 35.5. The molecule has 1 amide bonds. The van der Waals surface area contributed by atoms with Crippen LogP contribution in [0.4, 0.5) is 10.1 Å². The van der Waals surface area contributed by atoms with Crippen molar-refractivity contribution in [1.82, 2.24) is 5.32 Å². The molecule has 0 aliphatic carbocycles. The quantitative estimate of drug-likeness (QED) is 0.453. The van der Waals surface area contributed by atoms with Gasteiger partial charge in [-0.15, -0.1) is 0 Å². The molecule has 0 saturated carbocycles. The third-order valence-corrected chi connectivity index (χ3v) is 5.82. The van der Waals surface area contributed by atoms with Crippen molar-refractivity contribution in [3.8, 4) is 11.5 Å². The predicted octanol–water partition coefficient (Wildman–Crippen LogP) is 5.96. The zero-order valence-corrected chi connectivity index (χ0v) is 18.5. The second-order valence-corrected chi connectivity index (χ2v) is 8.15. The van der Waals surface area contributed by atoms with Crippen molar-refractivity contribution in [1.29, 1.82) is 0 Å². The molecule has 1 aliphatic rings. The highest BCUT2D eigenvalue weighted by molar-refractivity contribution is 8.18. The summed E-state index contributed by atoms with van der Waals surface area (Å²) < 4.78 is 25.2. The SMILES string of the molecule is COc1ccc(C=C2SC(=Nc3ccccc3)NC2=O)cc1OCc1c(F)cccc1Cl. The van der Waals surface area contributed by atoms with Gasteiger partial charge in [-0.05, 0) is 59.8 Å². The topological polar surface area (TPSA) is 59.9 Å². The van der Waals surface area contributed by atoms with E-state index in [1.165, 1.54) is 31.0 Å². The van der Waals surface area contributed by atoms with Crippen LogP contribution in [0.25, 0.3) is 6.08 Å². The molecule has 4 rings (SSSR count). The second kappa shape index (κ2) is 9.89. The van der Waals surface area contributed by atoms with Crippen LogP contribution in [-0.4, -0.2) is 18.2 Å². The van der Waals surface area contributed by atoms with Crippen LogP contribution in [0, 0.1) is 5.82 Å². The monoisotopic (exact) mass is 468 g/mol. The molecule has 32 heavy (non-hydrogen) atoms. The maximum Gasteiger partial charge on any atom is 0.264 e. The van der Waals surface area contributed by atoms with Crippen molar-refractivity contribution in [2.24, 2.45) is 4.99 Å². The largest absolute Gasteiger partial charge is 0.493 e. The smallest absolute Gasteiger partial charge is 0.264 e. The first kappa shape index (κ1) is 21.9. The standard InChI is InChI=1S/C24H18ClFN2O3S/c1-30-20-11-10-15(12-21(20)31-14-17-18(25)8-5-9-19(17)26)13-22-23(29)28-24(32-22)27-16-6-3-2-4-7-16/h2-13H,14H2,1H3,(H,27,28,29). The Bertz CT molecular complexity index is 1190. The van der Waals surface area contributed by atoms with Gasteiger partial charge in [0.25, 0.3) is 5.91 Å². The summed E-state index contributed by atoms with van der Waals surface area (Å²) in [4.78, 5) is 17.3. The third kappa shape index (κ3) is 5.12. The summed E-state index contributed by atoms with van der Waals surface area (Å²) in [6, 6.07) is 19.1. The van der Waals surface area contributed by atoms with E-state index in [-0.39, 0.29) is 23.1 Å². The number of thioether (sulfide) groups is 1. The van der Waals surface area contributed by atoms with Gasteiger partial charge in [0, 0.05) is 5.56 Å². The molecule has 5 nitrogen and oxygen atoms in total. The maximum atomic E-state index is 14.1. The predicted molar refractivity (Wildman–Crippen MR) is 126 cm³/mol. The number of nitrogens with zero attached hydrogens (tertiary/aromatic N) is 1. The fraction of sp³-hybridized carbons (Fsp3) is 0.0833. The summed E-state index contributed by atoms with van der Waals surface area (Å²) >= 11 is 7.33. The van der Waals surface area contributed by atoms with E-state index >= 15 is 0 Å². The first-order chi connectivity index (χ1) is 15.5. The van der Waals surface area contributed by atoms with Crippen LogP contribution in [0.3, 0.4) is 0 Å². The van der Waals surface area contributed by atoms with Gasteiger partial charge < -0.3 is 14.8 Å². The average Bonchev–Trinajstić information content (AvgIpc) is 3.12. The zero-order chi connectivity index (χ0) is 22.5. The number of amidine groups is 1. The molecule has 0 unspecified atom stereocenters. The van der Waals surface area contributed by atoms with Crippen LogP contribution in [0.5, 0.6) is 11.5 Å². The number of hydrogen-bond donors (Lipinski definition) is 1. The summed E-state index contributed by atoms with van der Waals surface area (Å²) in [6.45, 7) is -0.0645. The second-order valence-electron chi connectivity index (χ2n) is 6.72. The molecule has 1 heterocycles. The fourth-order valence-electron chi connectivity index (χ4n) is 2.97. The lowest BCUT2D eigenvalue weighted by Gasteiger charge is -2.13. The number of benzene rings is 3. The Kier molecular flexibility index (Phi) is 6.78. The number of ether oxygens (including phenoxy) is 2. The molecule has 0 radical (unpaired) electrons. The number of carbonyl (C=O) groups is 1. The number of amides is 1. The highest BCUT2D eigenvalue weighted by Gasteiger charge is 2.24. The van der Waals surface area contributed by atoms with Crippen LogP contribution >= 0.6 is 23.4 Å². The van der Waals surface area contributed by atoms with Crippen LogP contribution in [0.1, 0.15) is 11.1 Å². The van der Waals surface area contributed by atoms with E-state index in [1.807, 2.05) is 30.3 Å². The van der Waals surface area contributed by atoms with E-state index in [1.54, 1.807) is 30.3 Å². The van der Waals surface area contributed by atoms with E-state index in [0.717, 1.165) is 11.3 Å². The Morgan fingerprint density at radius 1 is 1.09 bits per heavy atom. The van der Waals surface area contributed by atoms with Crippen molar-refractivity contribution in [3.63, 3.8) is 0 Å². The van der Waals surface area contributed by atoms with Crippen LogP contribution in [0.15, 0.2) is 76.6 Å². The molecule has 3 aromatic carbocycles. The number of carbonyl (C=O) groups excluding carboxylic acids is 1. The normalized spacial score (nSPS) is 15.8. The number of halogens is 2.